The number of halogens is 5. The van der Waals surface area contributed by atoms with Gasteiger partial charge in [0.2, 0.25) is 0 Å². The van der Waals surface area contributed by atoms with E-state index in [9.17, 15) is 31.5 Å². The fourth-order valence-electron chi connectivity index (χ4n) is 2.86. The van der Waals surface area contributed by atoms with Crippen molar-refractivity contribution < 1.29 is 45.8 Å². The van der Waals surface area contributed by atoms with E-state index in [0.29, 0.717) is 5.56 Å². The molecule has 0 saturated heterocycles. The summed E-state index contributed by atoms with van der Waals surface area (Å²) in [4.78, 5) is 27.8. The first-order valence-corrected chi connectivity index (χ1v) is 9.49. The number of benzene rings is 1. The van der Waals surface area contributed by atoms with Crippen molar-refractivity contribution in [3.8, 4) is 0 Å². The topological polar surface area (TPSA) is 74.7 Å². The molecule has 1 aromatic carbocycles. The summed E-state index contributed by atoms with van der Waals surface area (Å²) < 4.78 is 83.1. The normalized spacial score (nSPS) is 11.5. The quantitative estimate of drug-likeness (QED) is 0.382. The van der Waals surface area contributed by atoms with Crippen molar-refractivity contribution in [2.24, 2.45) is 0 Å². The zero-order chi connectivity index (χ0) is 23.9. The van der Waals surface area contributed by atoms with Gasteiger partial charge in [0.25, 0.3) is 6.43 Å². The summed E-state index contributed by atoms with van der Waals surface area (Å²) in [5, 5.41) is 0. The van der Waals surface area contributed by atoms with Crippen molar-refractivity contribution in [3.05, 3.63) is 64.0 Å². The summed E-state index contributed by atoms with van der Waals surface area (Å²) in [5.74, 6) is -2.83. The zero-order valence-electron chi connectivity index (χ0n) is 17.2. The molecule has 1 aromatic heterocycles. The van der Waals surface area contributed by atoms with Crippen molar-refractivity contribution in [3.63, 3.8) is 0 Å². The predicted molar refractivity (Wildman–Crippen MR) is 101 cm³/mol. The van der Waals surface area contributed by atoms with Gasteiger partial charge in [-0.25, -0.2) is 23.4 Å². The lowest BCUT2D eigenvalue weighted by Crippen LogP contribution is -2.26. The maximum absolute atomic E-state index is 13.7. The number of rotatable bonds is 9. The summed E-state index contributed by atoms with van der Waals surface area (Å²) >= 11 is 0. The molecule has 0 amide bonds. The predicted octanol–water partition coefficient (Wildman–Crippen LogP) is 5.11. The first-order valence-electron chi connectivity index (χ1n) is 9.49. The van der Waals surface area contributed by atoms with Crippen LogP contribution in [0.1, 0.15) is 63.5 Å². The molecule has 0 radical (unpaired) electrons. The van der Waals surface area contributed by atoms with Crippen molar-refractivity contribution in [2.75, 3.05) is 13.2 Å². The summed E-state index contributed by atoms with van der Waals surface area (Å²) in [6.45, 7) is 1.29. The highest BCUT2D eigenvalue weighted by Gasteiger charge is 2.43. The highest BCUT2D eigenvalue weighted by molar-refractivity contribution is 5.99. The van der Waals surface area contributed by atoms with Gasteiger partial charge >= 0.3 is 18.1 Å². The van der Waals surface area contributed by atoms with E-state index in [1.165, 1.54) is 13.8 Å². The SMILES string of the molecule is CCOC(=O)c1c(C(F)F)nc(C(F)(F)F)c(C(=O)OCC)c1COCc1ccccc1. The first-order chi connectivity index (χ1) is 15.1. The number of carbonyl (C=O) groups excluding carboxylic acids is 2. The first kappa shape index (κ1) is 25.2. The van der Waals surface area contributed by atoms with Gasteiger partial charge in [-0.05, 0) is 19.4 Å². The van der Waals surface area contributed by atoms with Crippen molar-refractivity contribution >= 4 is 11.9 Å². The molecule has 0 saturated carbocycles. The molecule has 0 N–H and O–H groups in total. The molecule has 0 spiro atoms. The molecule has 2 rings (SSSR count). The van der Waals surface area contributed by atoms with E-state index < -0.39 is 59.2 Å². The Morgan fingerprint density at radius 3 is 2.00 bits per heavy atom. The highest BCUT2D eigenvalue weighted by atomic mass is 19.4. The Morgan fingerprint density at radius 1 is 0.938 bits per heavy atom. The fraction of sp³-hybridized carbons (Fsp3) is 0.381. The lowest BCUT2D eigenvalue weighted by molar-refractivity contribution is -0.142. The second-order valence-corrected chi connectivity index (χ2v) is 6.29. The molecule has 0 aliphatic heterocycles. The van der Waals surface area contributed by atoms with E-state index in [1.807, 2.05) is 0 Å². The Morgan fingerprint density at radius 2 is 1.50 bits per heavy atom. The van der Waals surface area contributed by atoms with Crippen LogP contribution < -0.4 is 0 Å². The summed E-state index contributed by atoms with van der Waals surface area (Å²) in [6, 6.07) is 8.44. The molecule has 0 bridgehead atoms. The molecule has 0 unspecified atom stereocenters. The number of ether oxygens (including phenoxy) is 3. The molecule has 6 nitrogen and oxygen atoms in total. The Balaban J connectivity index is 2.71. The highest BCUT2D eigenvalue weighted by Crippen LogP contribution is 2.37. The van der Waals surface area contributed by atoms with Crippen LogP contribution in [0.3, 0.4) is 0 Å². The zero-order valence-corrected chi connectivity index (χ0v) is 17.2. The van der Waals surface area contributed by atoms with Gasteiger partial charge in [0.15, 0.2) is 5.69 Å². The summed E-state index contributed by atoms with van der Waals surface area (Å²) in [5.41, 5.74) is -5.57. The van der Waals surface area contributed by atoms with Crippen LogP contribution in [0.5, 0.6) is 0 Å². The Kier molecular flexibility index (Phi) is 8.64. The lowest BCUT2D eigenvalue weighted by atomic mass is 9.97. The number of nitrogens with zero attached hydrogens (tertiary/aromatic N) is 1. The third-order valence-electron chi connectivity index (χ3n) is 4.12. The van der Waals surface area contributed by atoms with Crippen LogP contribution in [0.2, 0.25) is 0 Å². The standard InChI is InChI=1S/C21H20F5NO5/c1-3-31-19(28)14-13(11-30-10-12-8-6-5-7-9-12)15(20(29)32-4-2)17(21(24,25)26)27-16(14)18(22)23/h5-9,18H,3-4,10-11H2,1-2H3. The Bertz CT molecular complexity index is 948. The molecule has 32 heavy (non-hydrogen) atoms. The van der Waals surface area contributed by atoms with Gasteiger partial charge < -0.3 is 14.2 Å². The van der Waals surface area contributed by atoms with Crippen LogP contribution in [-0.4, -0.2) is 30.1 Å². The van der Waals surface area contributed by atoms with Crippen LogP contribution in [0.4, 0.5) is 22.0 Å². The fourth-order valence-corrected chi connectivity index (χ4v) is 2.86. The minimum absolute atomic E-state index is 0.126. The molecule has 0 aliphatic carbocycles. The third-order valence-corrected chi connectivity index (χ3v) is 4.12. The largest absolute Gasteiger partial charge is 0.462 e. The molecular weight excluding hydrogens is 441 g/mol. The van der Waals surface area contributed by atoms with Crippen molar-refractivity contribution in [2.45, 2.75) is 39.7 Å². The van der Waals surface area contributed by atoms with E-state index in [0.717, 1.165) is 0 Å². The number of pyridine rings is 1. The maximum Gasteiger partial charge on any atom is 0.434 e. The number of alkyl halides is 5. The number of carbonyl (C=O) groups is 2. The van der Waals surface area contributed by atoms with Crippen LogP contribution in [-0.2, 0) is 33.6 Å². The average Bonchev–Trinajstić information content (AvgIpc) is 2.73. The second-order valence-electron chi connectivity index (χ2n) is 6.29. The lowest BCUT2D eigenvalue weighted by Gasteiger charge is -2.20. The van der Waals surface area contributed by atoms with E-state index in [1.54, 1.807) is 30.3 Å². The van der Waals surface area contributed by atoms with E-state index >= 15 is 0 Å². The molecule has 174 valence electrons. The Hall–Kier alpha value is -3.08. The van der Waals surface area contributed by atoms with Gasteiger partial charge in [0.05, 0.1) is 37.6 Å². The minimum atomic E-state index is -5.28. The summed E-state index contributed by atoms with van der Waals surface area (Å²) in [6.07, 6.45) is -8.84. The molecule has 2 aromatic rings. The molecule has 0 atom stereocenters. The van der Waals surface area contributed by atoms with Crippen molar-refractivity contribution in [1.29, 1.82) is 0 Å². The van der Waals surface area contributed by atoms with Gasteiger partial charge in [0, 0.05) is 5.56 Å². The van der Waals surface area contributed by atoms with Gasteiger partial charge in [-0.2, -0.15) is 13.2 Å². The monoisotopic (exact) mass is 461 g/mol. The van der Waals surface area contributed by atoms with Crippen LogP contribution >= 0.6 is 0 Å². The molecule has 0 fully saturated rings. The van der Waals surface area contributed by atoms with Crippen LogP contribution in [0, 0.1) is 0 Å². The molecule has 1 heterocycles. The van der Waals surface area contributed by atoms with Gasteiger partial charge in [-0.1, -0.05) is 30.3 Å². The smallest absolute Gasteiger partial charge is 0.434 e. The number of hydrogen-bond acceptors (Lipinski definition) is 6. The average molecular weight is 461 g/mol. The van der Waals surface area contributed by atoms with Gasteiger partial charge in [0.1, 0.15) is 5.69 Å². The number of hydrogen-bond donors (Lipinski definition) is 0. The number of esters is 2. The van der Waals surface area contributed by atoms with E-state index in [4.69, 9.17) is 9.47 Å². The van der Waals surface area contributed by atoms with Crippen LogP contribution in [0.25, 0.3) is 0 Å². The third kappa shape index (κ3) is 6.00. The van der Waals surface area contributed by atoms with Gasteiger partial charge in [-0.3, -0.25) is 0 Å². The molecular formula is C21H20F5NO5. The van der Waals surface area contributed by atoms with Crippen molar-refractivity contribution in [1.82, 2.24) is 4.98 Å². The van der Waals surface area contributed by atoms with E-state index in [2.05, 4.69) is 9.72 Å². The number of aromatic nitrogens is 1. The van der Waals surface area contributed by atoms with E-state index in [-0.39, 0.29) is 19.8 Å². The van der Waals surface area contributed by atoms with Crippen LogP contribution in [0.15, 0.2) is 30.3 Å². The summed E-state index contributed by atoms with van der Waals surface area (Å²) in [7, 11) is 0. The second kappa shape index (κ2) is 11.0. The minimum Gasteiger partial charge on any atom is -0.462 e. The van der Waals surface area contributed by atoms with Gasteiger partial charge in [-0.15, -0.1) is 0 Å². The molecule has 11 heteroatoms. The molecule has 0 aliphatic rings. The maximum atomic E-state index is 13.7. The Labute approximate surface area is 180 Å².